The quantitative estimate of drug-likeness (QED) is 0.0140. The van der Waals surface area contributed by atoms with Crippen LogP contribution in [0.15, 0.2) is 71.9 Å². The van der Waals surface area contributed by atoms with Crippen molar-refractivity contribution >= 4 is 41.2 Å². The molecule has 1 saturated carbocycles. The maximum atomic E-state index is 14.7. The van der Waals surface area contributed by atoms with E-state index in [1.165, 1.54) is 14.2 Å². The smallest absolute Gasteiger partial charge is 0.407 e. The SMILES string of the molecule is C=C(/C=C\CC)CNC(=O)CCOCCOCCOCCOCCOCCOCCOCCOCCNC(=O)O[C@@H]1/C(C)=C/[C@@H](C)C(=O)C[C@@H]([C@H](N)C[C@@H]2CC[C@@H](O)[C@H](OC)C2)OC(=O)[C@@H]2CCCCN2C(=O)C(=O)[C@]2(O)O[C@@H](CC[C@H]2C)C[C@H](OC)/C(C)=C/C=C/C=C/[C@@H](C)C[C@@H](C)C(=O)[C@@H]1OC. The molecular weight excluding hydrogens is 1350 g/mol. The van der Waals surface area contributed by atoms with Crippen LogP contribution in [0.1, 0.15) is 138 Å². The van der Waals surface area contributed by atoms with Gasteiger partial charge in [0, 0.05) is 84.0 Å². The maximum absolute atomic E-state index is 14.7. The van der Waals surface area contributed by atoms with Crippen LogP contribution in [0.25, 0.3) is 0 Å². The summed E-state index contributed by atoms with van der Waals surface area (Å²) in [6.45, 7) is 22.5. The molecule has 4 rings (SSSR count). The van der Waals surface area contributed by atoms with Gasteiger partial charge in [0.2, 0.25) is 11.7 Å². The molecule has 3 fully saturated rings. The van der Waals surface area contributed by atoms with Gasteiger partial charge >= 0.3 is 12.1 Å². The number of aliphatic hydroxyl groups is 2. The van der Waals surface area contributed by atoms with Crippen LogP contribution in [0.3, 0.4) is 0 Å². The lowest BCUT2D eigenvalue weighted by atomic mass is 9.80. The average Bonchev–Trinajstić information content (AvgIpc) is 0.774. The molecule has 4 aliphatic rings. The molecule has 0 unspecified atom stereocenters. The summed E-state index contributed by atoms with van der Waals surface area (Å²) in [4.78, 5) is 99.5. The van der Waals surface area contributed by atoms with Crippen molar-refractivity contribution in [2.75, 3.05) is 147 Å². The van der Waals surface area contributed by atoms with E-state index in [1.54, 1.807) is 40.9 Å². The van der Waals surface area contributed by atoms with E-state index in [9.17, 15) is 43.8 Å². The maximum Gasteiger partial charge on any atom is 0.407 e. The summed E-state index contributed by atoms with van der Waals surface area (Å²) in [5, 5.41) is 28.2. The van der Waals surface area contributed by atoms with Gasteiger partial charge in [-0.25, -0.2) is 9.59 Å². The molecule has 0 aromatic heterocycles. The fraction of sp³-hybridized carbons (Fsp3) is 0.753. The Kier molecular flexibility index (Phi) is 45.2. The number of hydrogen-bond acceptors (Lipinski definition) is 24. The number of methoxy groups -OCH3 is 3. The van der Waals surface area contributed by atoms with Gasteiger partial charge in [-0.2, -0.15) is 0 Å². The zero-order valence-electron chi connectivity index (χ0n) is 63.7. The highest BCUT2D eigenvalue weighted by Crippen LogP contribution is 2.37. The Morgan fingerprint density at radius 1 is 0.721 bits per heavy atom. The van der Waals surface area contributed by atoms with Gasteiger partial charge in [-0.1, -0.05) is 89.8 Å². The zero-order chi connectivity index (χ0) is 76.2. The first-order valence-corrected chi connectivity index (χ1v) is 37.4. The molecule has 3 amide bonds. The van der Waals surface area contributed by atoms with Crippen molar-refractivity contribution in [1.29, 1.82) is 0 Å². The van der Waals surface area contributed by atoms with E-state index >= 15 is 0 Å². The summed E-state index contributed by atoms with van der Waals surface area (Å²) in [6, 6.07) is -2.18. The number of hydrogen-bond donors (Lipinski definition) is 5. The summed E-state index contributed by atoms with van der Waals surface area (Å²) in [6.07, 6.45) is 13.1. The fourth-order valence-corrected chi connectivity index (χ4v) is 12.9. The number of carbonyl (C=O) groups is 7. The van der Waals surface area contributed by atoms with E-state index in [4.69, 9.17) is 72.0 Å². The van der Waals surface area contributed by atoms with Crippen molar-refractivity contribution in [3.05, 3.63) is 71.9 Å². The second-order valence-corrected chi connectivity index (χ2v) is 27.5. The Bertz CT molecular complexity index is 2730. The van der Waals surface area contributed by atoms with E-state index in [0.29, 0.717) is 149 Å². The number of nitrogens with one attached hydrogen (secondary N) is 2. The summed E-state index contributed by atoms with van der Waals surface area (Å²) in [5.74, 6) is -8.95. The van der Waals surface area contributed by atoms with E-state index in [0.717, 1.165) is 22.5 Å². The predicted molar refractivity (Wildman–Crippen MR) is 389 cm³/mol. The number of allylic oxidation sites excluding steroid dienone is 7. The highest BCUT2D eigenvalue weighted by molar-refractivity contribution is 6.39. The average molecular weight is 1480 g/mol. The zero-order valence-corrected chi connectivity index (χ0v) is 63.7. The van der Waals surface area contributed by atoms with Crippen molar-refractivity contribution in [3.8, 4) is 0 Å². The summed E-state index contributed by atoms with van der Waals surface area (Å²) in [5.41, 5.74) is 8.99. The molecule has 3 aliphatic heterocycles. The minimum Gasteiger partial charge on any atom is -0.459 e. The molecule has 0 aromatic rings. The van der Waals surface area contributed by atoms with Crippen LogP contribution in [0.2, 0.25) is 0 Å². The lowest BCUT2D eigenvalue weighted by Crippen LogP contribution is -2.61. The molecule has 104 heavy (non-hydrogen) atoms. The van der Waals surface area contributed by atoms with Crippen LogP contribution < -0.4 is 16.4 Å². The number of carbonyl (C=O) groups excluding carboxylic acids is 7. The first-order valence-electron chi connectivity index (χ1n) is 37.4. The molecule has 2 bridgehead atoms. The lowest BCUT2D eigenvalue weighted by molar-refractivity contribution is -0.265. The van der Waals surface area contributed by atoms with Gasteiger partial charge in [0.15, 0.2) is 18.0 Å². The number of Topliss-reactive ketones (excluding diaryl/α,β-unsaturated/α-hetero) is 3. The van der Waals surface area contributed by atoms with Crippen molar-refractivity contribution in [2.24, 2.45) is 35.3 Å². The van der Waals surface area contributed by atoms with Gasteiger partial charge in [0.25, 0.3) is 11.7 Å². The molecule has 592 valence electrons. The van der Waals surface area contributed by atoms with Crippen LogP contribution in [0.4, 0.5) is 4.79 Å². The first kappa shape index (κ1) is 90.9. The first-order chi connectivity index (χ1) is 50.0. The molecule has 2 saturated heterocycles. The Morgan fingerprint density at radius 3 is 1.91 bits per heavy atom. The predicted octanol–water partition coefficient (Wildman–Crippen LogP) is 6.77. The highest BCUT2D eigenvalue weighted by atomic mass is 16.6. The number of aliphatic hydroxyl groups excluding tert-OH is 1. The number of amides is 3. The van der Waals surface area contributed by atoms with Gasteiger partial charge in [0.05, 0.1) is 130 Å². The molecule has 0 spiro atoms. The Hall–Kier alpha value is -5.47. The number of ketones is 3. The molecule has 15 atom stereocenters. The van der Waals surface area contributed by atoms with E-state index in [2.05, 4.69) is 17.2 Å². The van der Waals surface area contributed by atoms with Crippen LogP contribution >= 0.6 is 0 Å². The third-order valence-corrected chi connectivity index (χ3v) is 19.1. The van der Waals surface area contributed by atoms with E-state index < -0.39 is 108 Å². The number of nitrogens with two attached hydrogens (primary N) is 1. The Labute approximate surface area is 617 Å². The molecule has 27 heteroatoms. The van der Waals surface area contributed by atoms with Gasteiger partial charge in [-0.3, -0.25) is 24.0 Å². The normalized spacial score (nSPS) is 29.6. The second-order valence-electron chi connectivity index (χ2n) is 27.5. The van der Waals surface area contributed by atoms with Crippen LogP contribution in [0, 0.1) is 29.6 Å². The molecule has 6 N–H and O–H groups in total. The second kappa shape index (κ2) is 51.7. The molecular formula is C77H126N4O23. The standard InChI is InChI=1S/C77H126N4O23/c1-12-13-19-54(3)52-80-69(84)27-30-94-32-34-96-36-38-98-40-42-100-44-45-101-43-41-99-39-37-97-35-33-95-31-28-79-76(89)103-71-58(7)47-56(5)65(83)51-67(62(78)48-60-24-26-64(82)68(49-60)92-10)102-75(88)63-22-17-18-29-81(63)74(87)73(86)77(90)59(8)23-25-61(104-77)50-66(91-9)55(4)21-16-14-15-20-53(2)46-57(6)70(85)72(71)93-11/h13-16,19-21,47,53,56-57,59-64,66-68,71-72,82,90H,3,12,17-18,22-46,48-52,78H2,1-2,4-11H3,(H,79,89)(H,80,84)/b16-14+,19-13-,20-15+,55-21+,58-47+/t53-,56-,57-,59-,60+,61+,62-,63+,64-,66+,67+,68-,71-,72+,77-/m1/s1. The van der Waals surface area contributed by atoms with E-state index in [-0.39, 0.29) is 88.5 Å². The molecule has 0 aromatic carbocycles. The largest absolute Gasteiger partial charge is 0.459 e. The number of alkyl carbamates (subject to hydrolysis) is 1. The van der Waals surface area contributed by atoms with Crippen LogP contribution in [0.5, 0.6) is 0 Å². The van der Waals surface area contributed by atoms with Crippen LogP contribution in [-0.4, -0.2) is 264 Å². The number of cyclic esters (lactones) is 1. The van der Waals surface area contributed by atoms with Crippen molar-refractivity contribution in [1.82, 2.24) is 15.5 Å². The number of rotatable bonds is 38. The number of piperidine rings is 1. The number of ether oxygens (including phenoxy) is 14. The molecule has 0 radical (unpaired) electrons. The summed E-state index contributed by atoms with van der Waals surface area (Å²) < 4.78 is 80.4. The molecule has 3 heterocycles. The summed E-state index contributed by atoms with van der Waals surface area (Å²) >= 11 is 0. The van der Waals surface area contributed by atoms with Gasteiger partial charge < -0.3 is 97.8 Å². The number of nitrogens with zero attached hydrogens (tertiary/aromatic N) is 1. The van der Waals surface area contributed by atoms with Gasteiger partial charge in [0.1, 0.15) is 17.9 Å². The lowest BCUT2D eigenvalue weighted by Gasteiger charge is -2.42. The minimum atomic E-state index is -2.50. The minimum absolute atomic E-state index is 0.0129. The van der Waals surface area contributed by atoms with Crippen LogP contribution in [-0.2, 0) is 95.1 Å². The van der Waals surface area contributed by atoms with Crippen molar-refractivity contribution in [2.45, 2.75) is 199 Å². The van der Waals surface area contributed by atoms with Crippen molar-refractivity contribution < 1.29 is 110 Å². The van der Waals surface area contributed by atoms with Gasteiger partial charge in [-0.05, 0) is 113 Å². The molecule has 1 aliphatic carbocycles. The Morgan fingerprint density at radius 2 is 1.33 bits per heavy atom. The number of esters is 1. The fourth-order valence-electron chi connectivity index (χ4n) is 12.9. The monoisotopic (exact) mass is 1470 g/mol. The highest BCUT2D eigenvalue weighted by Gasteiger charge is 2.53. The van der Waals surface area contributed by atoms with Crippen molar-refractivity contribution in [3.63, 3.8) is 0 Å². The Balaban J connectivity index is 1.32. The molecule has 27 nitrogen and oxygen atoms in total. The summed E-state index contributed by atoms with van der Waals surface area (Å²) in [7, 11) is 4.43. The third kappa shape index (κ3) is 33.8. The van der Waals surface area contributed by atoms with E-state index in [1.807, 2.05) is 63.3 Å². The number of fused-ring (bicyclic) bond motifs is 3. The topological polar surface area (TPSA) is 342 Å². The van der Waals surface area contributed by atoms with Gasteiger partial charge in [-0.15, -0.1) is 0 Å². The third-order valence-electron chi connectivity index (χ3n) is 19.1.